The van der Waals surface area contributed by atoms with E-state index in [2.05, 4.69) is 5.32 Å². The Morgan fingerprint density at radius 3 is 2.82 bits per heavy atom. The van der Waals surface area contributed by atoms with Crippen LogP contribution in [0.5, 0.6) is 0 Å². The Hall–Kier alpha value is -1.62. The predicted octanol–water partition coefficient (Wildman–Crippen LogP) is 2.34. The number of amides is 1. The fourth-order valence-electron chi connectivity index (χ4n) is 3.22. The number of piperidine rings is 1. The number of para-hydroxylation sites is 1. The van der Waals surface area contributed by atoms with E-state index in [0.717, 1.165) is 32.2 Å². The van der Waals surface area contributed by atoms with Gasteiger partial charge in [0.2, 0.25) is 5.91 Å². The number of anilines is 1. The number of rotatable bonds is 5. The summed E-state index contributed by atoms with van der Waals surface area (Å²) in [5.41, 5.74) is 0.618. The van der Waals surface area contributed by atoms with Crippen LogP contribution in [0.1, 0.15) is 25.7 Å². The van der Waals surface area contributed by atoms with E-state index in [-0.39, 0.29) is 23.9 Å². The minimum absolute atomic E-state index is 0.0228. The number of hydrogen-bond acceptors (Lipinski definition) is 3. The van der Waals surface area contributed by atoms with Gasteiger partial charge in [-0.1, -0.05) is 12.1 Å². The first-order valence-corrected chi connectivity index (χ1v) is 8.01. The van der Waals surface area contributed by atoms with Crippen LogP contribution in [0.4, 0.5) is 10.1 Å². The number of carbonyl (C=O) groups is 1. The lowest BCUT2D eigenvalue weighted by atomic mass is 10.0. The number of hydrogen-bond donors (Lipinski definition) is 1. The molecule has 1 saturated carbocycles. The van der Waals surface area contributed by atoms with Gasteiger partial charge in [-0.15, -0.1) is 0 Å². The van der Waals surface area contributed by atoms with Crippen LogP contribution in [-0.2, 0) is 9.53 Å². The molecule has 1 saturated heterocycles. The van der Waals surface area contributed by atoms with Crippen LogP contribution in [-0.4, -0.2) is 38.3 Å². The third-order valence-corrected chi connectivity index (χ3v) is 4.52. The fraction of sp³-hybridized carbons (Fsp3) is 0.588. The van der Waals surface area contributed by atoms with E-state index in [1.165, 1.54) is 6.07 Å². The van der Waals surface area contributed by atoms with Crippen LogP contribution in [0.3, 0.4) is 0 Å². The van der Waals surface area contributed by atoms with Crippen LogP contribution >= 0.6 is 0 Å². The summed E-state index contributed by atoms with van der Waals surface area (Å²) in [6, 6.07) is 6.86. The van der Waals surface area contributed by atoms with Crippen LogP contribution < -0.4 is 10.2 Å². The highest BCUT2D eigenvalue weighted by Gasteiger charge is 2.37. The topological polar surface area (TPSA) is 41.6 Å². The van der Waals surface area contributed by atoms with Gasteiger partial charge in [-0.3, -0.25) is 4.79 Å². The molecule has 1 aromatic carbocycles. The summed E-state index contributed by atoms with van der Waals surface area (Å²) < 4.78 is 19.2. The highest BCUT2D eigenvalue weighted by molar-refractivity contribution is 5.81. The molecular weight excluding hydrogens is 283 g/mol. The molecule has 4 nitrogen and oxygen atoms in total. The van der Waals surface area contributed by atoms with Crippen molar-refractivity contribution < 1.29 is 13.9 Å². The minimum Gasteiger partial charge on any atom is -0.371 e. The summed E-state index contributed by atoms with van der Waals surface area (Å²) in [7, 11) is 1.59. The predicted molar refractivity (Wildman–Crippen MR) is 83.3 cm³/mol. The van der Waals surface area contributed by atoms with Crippen molar-refractivity contribution in [1.29, 1.82) is 0 Å². The summed E-state index contributed by atoms with van der Waals surface area (Å²) in [5, 5.41) is 3.08. The van der Waals surface area contributed by atoms with E-state index in [4.69, 9.17) is 4.74 Å². The van der Waals surface area contributed by atoms with Crippen LogP contribution in [0.25, 0.3) is 0 Å². The minimum atomic E-state index is -0.330. The lowest BCUT2D eigenvalue weighted by Crippen LogP contribution is -2.51. The van der Waals surface area contributed by atoms with Crippen molar-refractivity contribution in [3.8, 4) is 0 Å². The van der Waals surface area contributed by atoms with Gasteiger partial charge in [0.15, 0.2) is 0 Å². The fourth-order valence-corrected chi connectivity index (χ4v) is 3.22. The van der Waals surface area contributed by atoms with Crippen molar-refractivity contribution in [3.05, 3.63) is 30.1 Å². The van der Waals surface area contributed by atoms with Gasteiger partial charge >= 0.3 is 0 Å². The van der Waals surface area contributed by atoms with Gasteiger partial charge in [-0.25, -0.2) is 4.39 Å². The molecule has 22 heavy (non-hydrogen) atoms. The van der Waals surface area contributed by atoms with E-state index >= 15 is 0 Å². The second-order valence-electron chi connectivity index (χ2n) is 6.24. The number of nitrogens with one attached hydrogen (secondary N) is 1. The maximum atomic E-state index is 13.9. The van der Waals surface area contributed by atoms with Gasteiger partial charge in [0.25, 0.3) is 0 Å². The van der Waals surface area contributed by atoms with Crippen molar-refractivity contribution in [2.75, 3.05) is 25.1 Å². The largest absolute Gasteiger partial charge is 0.371 e. The molecule has 3 rings (SSSR count). The molecule has 2 atom stereocenters. The molecule has 1 amide bonds. The molecule has 0 radical (unpaired) electrons. The van der Waals surface area contributed by atoms with Gasteiger partial charge in [0.05, 0.1) is 5.69 Å². The first-order valence-electron chi connectivity index (χ1n) is 8.01. The Balaban J connectivity index is 1.61. The normalized spacial score (nSPS) is 23.2. The Bertz CT molecular complexity index is 533. The quantitative estimate of drug-likeness (QED) is 0.908. The van der Waals surface area contributed by atoms with E-state index in [0.29, 0.717) is 18.2 Å². The lowest BCUT2D eigenvalue weighted by molar-refractivity contribution is -0.133. The zero-order valence-corrected chi connectivity index (χ0v) is 12.9. The van der Waals surface area contributed by atoms with Gasteiger partial charge in [0, 0.05) is 26.2 Å². The molecule has 1 N–H and O–H groups in total. The molecule has 120 valence electrons. The average Bonchev–Trinajstić information content (AvgIpc) is 3.33. The number of ether oxygens (including phenoxy) is 1. The molecule has 1 aliphatic heterocycles. The van der Waals surface area contributed by atoms with Crippen molar-refractivity contribution in [1.82, 2.24) is 5.32 Å². The molecule has 1 aromatic rings. The summed E-state index contributed by atoms with van der Waals surface area (Å²) in [6.07, 6.45) is 3.68. The molecule has 1 heterocycles. The number of halogens is 1. The maximum Gasteiger partial charge on any atom is 0.249 e. The molecular formula is C17H23FN2O2. The zero-order chi connectivity index (χ0) is 15.5. The lowest BCUT2D eigenvalue weighted by Gasteiger charge is -2.35. The van der Waals surface area contributed by atoms with Gasteiger partial charge < -0.3 is 15.0 Å². The van der Waals surface area contributed by atoms with Crippen LogP contribution in [0, 0.1) is 11.7 Å². The first-order chi connectivity index (χ1) is 10.7. The molecule has 2 fully saturated rings. The molecule has 5 heteroatoms. The van der Waals surface area contributed by atoms with Crippen molar-refractivity contribution in [2.45, 2.75) is 37.8 Å². The molecule has 1 aliphatic carbocycles. The van der Waals surface area contributed by atoms with Crippen molar-refractivity contribution in [2.24, 2.45) is 5.92 Å². The maximum absolute atomic E-state index is 13.9. The van der Waals surface area contributed by atoms with E-state index < -0.39 is 0 Å². The number of benzene rings is 1. The third kappa shape index (κ3) is 3.40. The summed E-state index contributed by atoms with van der Waals surface area (Å²) in [5.74, 6) is 0.142. The second-order valence-corrected chi connectivity index (χ2v) is 6.24. The van der Waals surface area contributed by atoms with Crippen LogP contribution in [0.15, 0.2) is 24.3 Å². The average molecular weight is 306 g/mol. The standard InChI is InChI=1S/C17H23FN2O2/c1-22-16(12-8-9-12)17(21)19-13-5-4-10-20(11-13)15-7-3-2-6-14(15)18/h2-3,6-7,12-13,16H,4-5,8-11H2,1H3,(H,19,21)/t13-,16+/m1/s1. The Morgan fingerprint density at radius 1 is 1.36 bits per heavy atom. The number of carbonyl (C=O) groups excluding carboxylic acids is 1. The Labute approximate surface area is 130 Å². The molecule has 0 unspecified atom stereocenters. The summed E-state index contributed by atoms with van der Waals surface area (Å²) >= 11 is 0. The summed E-state index contributed by atoms with van der Waals surface area (Å²) in [4.78, 5) is 14.3. The van der Waals surface area contributed by atoms with Gasteiger partial charge in [-0.05, 0) is 43.7 Å². The van der Waals surface area contributed by atoms with Crippen molar-refractivity contribution >= 4 is 11.6 Å². The molecule has 0 bridgehead atoms. The second kappa shape index (κ2) is 6.65. The Kier molecular flexibility index (Phi) is 4.62. The van der Waals surface area contributed by atoms with E-state index in [1.54, 1.807) is 19.2 Å². The highest BCUT2D eigenvalue weighted by atomic mass is 19.1. The first kappa shape index (κ1) is 15.3. The monoisotopic (exact) mass is 306 g/mol. The van der Waals surface area contributed by atoms with Crippen molar-refractivity contribution in [3.63, 3.8) is 0 Å². The SMILES string of the molecule is CO[C@H](C(=O)N[C@@H]1CCCN(c2ccccc2F)C1)C1CC1. The van der Waals surface area contributed by atoms with Gasteiger partial charge in [0.1, 0.15) is 11.9 Å². The van der Waals surface area contributed by atoms with Gasteiger partial charge in [-0.2, -0.15) is 0 Å². The smallest absolute Gasteiger partial charge is 0.249 e. The third-order valence-electron chi connectivity index (χ3n) is 4.52. The molecule has 2 aliphatic rings. The summed E-state index contributed by atoms with van der Waals surface area (Å²) in [6.45, 7) is 1.47. The number of methoxy groups -OCH3 is 1. The molecule has 0 spiro atoms. The Morgan fingerprint density at radius 2 is 2.14 bits per heavy atom. The highest BCUT2D eigenvalue weighted by Crippen LogP contribution is 2.34. The van der Waals surface area contributed by atoms with E-state index in [9.17, 15) is 9.18 Å². The molecule has 0 aromatic heterocycles. The number of nitrogens with zero attached hydrogens (tertiary/aromatic N) is 1. The van der Waals surface area contributed by atoms with Crippen LogP contribution in [0.2, 0.25) is 0 Å². The zero-order valence-electron chi connectivity index (χ0n) is 12.9. The van der Waals surface area contributed by atoms with E-state index in [1.807, 2.05) is 11.0 Å².